The summed E-state index contributed by atoms with van der Waals surface area (Å²) in [5.74, 6) is 1.80. The number of nitrogens with one attached hydrogen (secondary N) is 1. The molecule has 1 aromatic heterocycles. The van der Waals surface area contributed by atoms with Gasteiger partial charge in [0.2, 0.25) is 5.91 Å². The third-order valence-electron chi connectivity index (χ3n) is 4.88. The third-order valence-corrected chi connectivity index (χ3v) is 5.64. The number of nitrogens with zero attached hydrogens (tertiary/aromatic N) is 1. The molecule has 0 saturated heterocycles. The van der Waals surface area contributed by atoms with E-state index >= 15 is 0 Å². The number of aromatic nitrogens is 1. The highest BCUT2D eigenvalue weighted by Gasteiger charge is 2.43. The summed E-state index contributed by atoms with van der Waals surface area (Å²) >= 11 is 1.51. The molecule has 0 spiro atoms. The minimum atomic E-state index is 0.177. The van der Waals surface area contributed by atoms with Gasteiger partial charge in [0.05, 0.1) is 5.69 Å². The molecule has 3 atom stereocenters. The van der Waals surface area contributed by atoms with Gasteiger partial charge in [-0.25, -0.2) is 4.98 Å². The quantitative estimate of drug-likeness (QED) is 0.923. The van der Waals surface area contributed by atoms with Crippen LogP contribution in [0.4, 0.5) is 5.13 Å². The molecule has 1 amide bonds. The lowest BCUT2D eigenvalue weighted by atomic mass is 9.88. The lowest BCUT2D eigenvalue weighted by Crippen LogP contribution is -2.27. The maximum absolute atomic E-state index is 12.4. The Morgan fingerprint density at radius 3 is 2.76 bits per heavy atom. The summed E-state index contributed by atoms with van der Waals surface area (Å²) in [5, 5.41) is 5.76. The average Bonchev–Trinajstić information content (AvgIpc) is 3.24. The first-order valence-electron chi connectivity index (χ1n) is 7.61. The number of fused-ring (bicyclic) bond motifs is 2. The fourth-order valence-electron chi connectivity index (χ4n) is 3.84. The van der Waals surface area contributed by atoms with Crippen LogP contribution in [-0.2, 0) is 4.79 Å². The maximum atomic E-state index is 12.4. The largest absolute Gasteiger partial charge is 0.302 e. The molecule has 2 bridgehead atoms. The molecule has 2 saturated carbocycles. The number of thiazole rings is 1. The van der Waals surface area contributed by atoms with E-state index in [2.05, 4.69) is 10.3 Å². The second-order valence-electron chi connectivity index (χ2n) is 6.17. The summed E-state index contributed by atoms with van der Waals surface area (Å²) < 4.78 is 0. The van der Waals surface area contributed by atoms with Crippen molar-refractivity contribution in [3.05, 3.63) is 35.7 Å². The van der Waals surface area contributed by atoms with Crippen LogP contribution in [0.15, 0.2) is 35.7 Å². The van der Waals surface area contributed by atoms with Crippen molar-refractivity contribution in [2.75, 3.05) is 5.32 Å². The van der Waals surface area contributed by atoms with Gasteiger partial charge in [0.15, 0.2) is 5.13 Å². The van der Waals surface area contributed by atoms with Crippen molar-refractivity contribution in [2.24, 2.45) is 17.8 Å². The molecular weight excluding hydrogens is 280 g/mol. The zero-order chi connectivity index (χ0) is 14.2. The maximum Gasteiger partial charge on any atom is 0.229 e. The molecule has 2 aromatic rings. The molecule has 21 heavy (non-hydrogen) atoms. The molecule has 1 N–H and O–H groups in total. The molecule has 2 aliphatic rings. The van der Waals surface area contributed by atoms with Crippen LogP contribution in [0.25, 0.3) is 11.3 Å². The van der Waals surface area contributed by atoms with Gasteiger partial charge in [-0.2, -0.15) is 0 Å². The smallest absolute Gasteiger partial charge is 0.229 e. The van der Waals surface area contributed by atoms with Crippen molar-refractivity contribution < 1.29 is 4.79 Å². The Morgan fingerprint density at radius 2 is 2.05 bits per heavy atom. The Kier molecular flexibility index (Phi) is 3.26. The predicted octanol–water partition coefficient (Wildman–Crippen LogP) is 4.18. The van der Waals surface area contributed by atoms with Gasteiger partial charge in [-0.15, -0.1) is 11.3 Å². The third kappa shape index (κ3) is 2.48. The molecule has 0 radical (unpaired) electrons. The normalized spacial score (nSPS) is 27.0. The molecule has 3 nitrogen and oxygen atoms in total. The molecule has 108 valence electrons. The highest BCUT2D eigenvalue weighted by Crippen LogP contribution is 2.48. The van der Waals surface area contributed by atoms with Crippen LogP contribution in [0.1, 0.15) is 25.7 Å². The van der Waals surface area contributed by atoms with Crippen LogP contribution in [-0.4, -0.2) is 10.9 Å². The van der Waals surface area contributed by atoms with Gasteiger partial charge in [-0.3, -0.25) is 4.79 Å². The topological polar surface area (TPSA) is 42.0 Å². The molecular formula is C17H18N2OS. The van der Waals surface area contributed by atoms with E-state index in [1.54, 1.807) is 0 Å². The van der Waals surface area contributed by atoms with Crippen molar-refractivity contribution in [1.82, 2.24) is 4.98 Å². The molecule has 4 heteroatoms. The Hall–Kier alpha value is -1.68. The first kappa shape index (κ1) is 13.0. The number of amides is 1. The summed E-state index contributed by atoms with van der Waals surface area (Å²) in [7, 11) is 0. The number of hydrogen-bond acceptors (Lipinski definition) is 3. The summed E-state index contributed by atoms with van der Waals surface area (Å²) in [4.78, 5) is 16.9. The number of rotatable bonds is 3. The second kappa shape index (κ2) is 5.26. The van der Waals surface area contributed by atoms with Crippen molar-refractivity contribution in [2.45, 2.75) is 25.7 Å². The lowest BCUT2D eigenvalue weighted by molar-refractivity contribution is -0.121. The van der Waals surface area contributed by atoms with E-state index in [0.29, 0.717) is 5.92 Å². The minimum absolute atomic E-state index is 0.177. The average molecular weight is 298 g/mol. The highest BCUT2D eigenvalue weighted by atomic mass is 32.1. The van der Waals surface area contributed by atoms with Crippen LogP contribution in [0, 0.1) is 17.8 Å². The van der Waals surface area contributed by atoms with Gasteiger partial charge in [0.25, 0.3) is 0 Å². The van der Waals surface area contributed by atoms with Crippen LogP contribution in [0.2, 0.25) is 0 Å². The van der Waals surface area contributed by atoms with Gasteiger partial charge in [-0.1, -0.05) is 36.8 Å². The van der Waals surface area contributed by atoms with Crippen molar-refractivity contribution in [3.63, 3.8) is 0 Å². The zero-order valence-corrected chi connectivity index (χ0v) is 12.6. The number of anilines is 1. The summed E-state index contributed by atoms with van der Waals surface area (Å²) in [5.41, 5.74) is 2.03. The standard InChI is InChI=1S/C17H18N2OS/c20-16(14-9-11-6-7-13(14)8-11)19-17-18-15(10-21-17)12-4-2-1-3-5-12/h1-5,10-11,13-14H,6-9H2,(H,18,19,20)/t11-,13-,14+/m1/s1. The van der Waals surface area contributed by atoms with Crippen LogP contribution in [0.5, 0.6) is 0 Å². The van der Waals surface area contributed by atoms with E-state index in [4.69, 9.17) is 0 Å². The van der Waals surface area contributed by atoms with E-state index in [1.165, 1.54) is 30.6 Å². The van der Waals surface area contributed by atoms with Gasteiger partial charge >= 0.3 is 0 Å². The molecule has 2 fully saturated rings. The number of carbonyl (C=O) groups is 1. The van der Waals surface area contributed by atoms with Gasteiger partial charge < -0.3 is 5.32 Å². The monoisotopic (exact) mass is 298 g/mol. The SMILES string of the molecule is O=C(Nc1nc(-c2ccccc2)cs1)[C@H]1C[C@@H]2CC[C@@H]1C2. The van der Waals surface area contributed by atoms with Crippen LogP contribution in [0.3, 0.4) is 0 Å². The first-order valence-corrected chi connectivity index (χ1v) is 8.49. The van der Waals surface area contributed by atoms with E-state index in [9.17, 15) is 4.79 Å². The zero-order valence-electron chi connectivity index (χ0n) is 11.8. The van der Waals surface area contributed by atoms with Gasteiger partial charge in [0.1, 0.15) is 0 Å². The van der Waals surface area contributed by atoms with E-state index in [0.717, 1.165) is 28.7 Å². The number of hydrogen-bond donors (Lipinski definition) is 1. The Morgan fingerprint density at radius 1 is 1.19 bits per heavy atom. The van der Waals surface area contributed by atoms with Crippen molar-refractivity contribution in [3.8, 4) is 11.3 Å². The van der Waals surface area contributed by atoms with E-state index in [1.807, 2.05) is 35.7 Å². The van der Waals surface area contributed by atoms with E-state index in [-0.39, 0.29) is 11.8 Å². The van der Waals surface area contributed by atoms with Crippen molar-refractivity contribution in [1.29, 1.82) is 0 Å². The Bertz CT molecular complexity index is 652. The van der Waals surface area contributed by atoms with Crippen LogP contribution >= 0.6 is 11.3 Å². The van der Waals surface area contributed by atoms with Gasteiger partial charge in [-0.05, 0) is 31.1 Å². The molecule has 1 heterocycles. The number of carbonyl (C=O) groups excluding carboxylic acids is 1. The minimum Gasteiger partial charge on any atom is -0.302 e. The first-order chi connectivity index (χ1) is 10.3. The Labute approximate surface area is 128 Å². The fraction of sp³-hybridized carbons (Fsp3) is 0.412. The molecule has 2 aliphatic carbocycles. The fourth-order valence-corrected chi connectivity index (χ4v) is 4.56. The number of benzene rings is 1. The second-order valence-corrected chi connectivity index (χ2v) is 7.03. The van der Waals surface area contributed by atoms with Crippen LogP contribution < -0.4 is 5.32 Å². The highest BCUT2D eigenvalue weighted by molar-refractivity contribution is 7.14. The summed E-state index contributed by atoms with van der Waals surface area (Å²) in [6, 6.07) is 10.1. The molecule has 4 rings (SSSR count). The van der Waals surface area contributed by atoms with Crippen molar-refractivity contribution >= 4 is 22.4 Å². The molecule has 1 aromatic carbocycles. The summed E-state index contributed by atoms with van der Waals surface area (Å²) in [6.07, 6.45) is 4.89. The molecule has 0 unspecified atom stereocenters. The predicted molar refractivity (Wildman–Crippen MR) is 85.1 cm³/mol. The van der Waals surface area contributed by atoms with E-state index < -0.39 is 0 Å². The Balaban J connectivity index is 1.46. The molecule has 0 aliphatic heterocycles. The lowest BCUT2D eigenvalue weighted by Gasteiger charge is -2.19. The summed E-state index contributed by atoms with van der Waals surface area (Å²) in [6.45, 7) is 0. The van der Waals surface area contributed by atoms with Gasteiger partial charge in [0, 0.05) is 16.9 Å².